The van der Waals surface area contributed by atoms with Crippen molar-refractivity contribution in [3.63, 3.8) is 0 Å². The van der Waals surface area contributed by atoms with Crippen molar-refractivity contribution in [3.8, 4) is 0 Å². The number of carbonyl (C=O) groups excluding carboxylic acids is 1. The van der Waals surface area contributed by atoms with Crippen LogP contribution < -0.4 is 15.6 Å². The van der Waals surface area contributed by atoms with Crippen LogP contribution in [-0.4, -0.2) is 15.9 Å². The molecule has 2 aromatic rings. The van der Waals surface area contributed by atoms with Gasteiger partial charge in [-0.3, -0.25) is 10.1 Å². The molecule has 0 aliphatic rings. The zero-order chi connectivity index (χ0) is 16.9. The number of aromatic nitrogens is 1. The molecule has 1 aromatic carbocycles. The number of rotatable bonds is 5. The fourth-order valence-corrected chi connectivity index (χ4v) is 2.45. The highest BCUT2D eigenvalue weighted by atomic mass is 35.6. The summed E-state index contributed by atoms with van der Waals surface area (Å²) >= 11 is 18.0. The lowest BCUT2D eigenvalue weighted by Crippen LogP contribution is -2.95. The van der Waals surface area contributed by atoms with Crippen molar-refractivity contribution in [1.29, 1.82) is 0 Å². The van der Waals surface area contributed by atoms with Gasteiger partial charge < -0.3 is 5.32 Å². The monoisotopic (exact) mass is 373 g/mol. The number of aryl methyl sites for hydroxylation is 1. The summed E-state index contributed by atoms with van der Waals surface area (Å²) in [4.78, 5) is 15.3. The van der Waals surface area contributed by atoms with Gasteiger partial charge in [0.15, 0.2) is 12.4 Å². The number of halogens is 3. The fourth-order valence-electron chi connectivity index (χ4n) is 2.02. The van der Waals surface area contributed by atoms with Crippen LogP contribution in [0.3, 0.4) is 0 Å². The van der Waals surface area contributed by atoms with E-state index in [0.717, 1.165) is 11.1 Å². The average molecular weight is 375 g/mol. The Hall–Kier alpha value is -1.33. The molecule has 4 N–H and O–H groups in total. The van der Waals surface area contributed by atoms with E-state index in [1.807, 2.05) is 43.6 Å². The molecule has 1 unspecified atom stereocenters. The van der Waals surface area contributed by atoms with E-state index in [-0.39, 0.29) is 5.91 Å². The first kappa shape index (κ1) is 18.0. The number of nitrogens with two attached hydrogens (primary N) is 1. The first-order chi connectivity index (χ1) is 10.9. The summed E-state index contributed by atoms with van der Waals surface area (Å²) in [5.74, 6) is -0.280. The number of hydrogen-bond donors (Lipinski definition) is 2. The van der Waals surface area contributed by atoms with Crippen LogP contribution in [-0.2, 0) is 6.54 Å². The van der Waals surface area contributed by atoms with Crippen molar-refractivity contribution in [2.45, 2.75) is 23.4 Å². The molecule has 0 aliphatic heterocycles. The van der Waals surface area contributed by atoms with E-state index in [9.17, 15) is 4.79 Å². The first-order valence-electron chi connectivity index (χ1n) is 7.09. The summed E-state index contributed by atoms with van der Waals surface area (Å²) in [7, 11) is 0. The van der Waals surface area contributed by atoms with Gasteiger partial charge in [0.2, 0.25) is 6.17 Å². The second kappa shape index (κ2) is 7.97. The Bertz CT molecular complexity index is 642. The number of quaternary nitrogens is 1. The lowest BCUT2D eigenvalue weighted by Gasteiger charge is -2.23. The van der Waals surface area contributed by atoms with Crippen LogP contribution in [0.25, 0.3) is 0 Å². The second-order valence-electron chi connectivity index (χ2n) is 5.21. The number of H-pyrrole nitrogens is 1. The SMILES string of the molecule is Cc1ccc(C(=O)NC([NH2+]Cc2ccc[nH+]c2)C(Cl)(Cl)Cl)cc1. The van der Waals surface area contributed by atoms with Gasteiger partial charge >= 0.3 is 0 Å². The molecular formula is C16H18Cl3N3O+2. The maximum atomic E-state index is 12.3. The van der Waals surface area contributed by atoms with Crippen molar-refractivity contribution in [2.75, 3.05) is 0 Å². The topological polar surface area (TPSA) is 59.9 Å². The van der Waals surface area contributed by atoms with Crippen LogP contribution in [0.1, 0.15) is 21.5 Å². The summed E-state index contributed by atoms with van der Waals surface area (Å²) in [6, 6.07) is 11.0. The molecule has 4 nitrogen and oxygen atoms in total. The summed E-state index contributed by atoms with van der Waals surface area (Å²) in [5.41, 5.74) is 2.62. The molecule has 1 amide bonds. The van der Waals surface area contributed by atoms with E-state index in [1.54, 1.807) is 17.4 Å². The smallest absolute Gasteiger partial charge is 0.262 e. The minimum absolute atomic E-state index is 0.280. The largest absolute Gasteiger partial charge is 0.319 e. The zero-order valence-electron chi connectivity index (χ0n) is 12.5. The summed E-state index contributed by atoms with van der Waals surface area (Å²) in [5, 5.41) is 4.54. The van der Waals surface area contributed by atoms with Gasteiger partial charge in [0, 0.05) is 11.6 Å². The highest BCUT2D eigenvalue weighted by molar-refractivity contribution is 6.68. The maximum Gasteiger partial charge on any atom is 0.262 e. The third kappa shape index (κ3) is 5.66. The summed E-state index contributed by atoms with van der Waals surface area (Å²) < 4.78 is -1.63. The number of pyridine rings is 1. The highest BCUT2D eigenvalue weighted by Gasteiger charge is 2.37. The van der Waals surface area contributed by atoms with E-state index in [0.29, 0.717) is 12.1 Å². The van der Waals surface area contributed by atoms with Crippen LogP contribution >= 0.6 is 34.8 Å². The molecule has 0 aliphatic carbocycles. The van der Waals surface area contributed by atoms with Crippen LogP contribution in [0.5, 0.6) is 0 Å². The van der Waals surface area contributed by atoms with E-state index < -0.39 is 9.96 Å². The van der Waals surface area contributed by atoms with Gasteiger partial charge in [-0.2, -0.15) is 0 Å². The van der Waals surface area contributed by atoms with Crippen molar-refractivity contribution >= 4 is 40.7 Å². The molecule has 1 heterocycles. The van der Waals surface area contributed by atoms with Gasteiger partial charge in [-0.15, -0.1) is 0 Å². The van der Waals surface area contributed by atoms with Crippen LogP contribution in [0.15, 0.2) is 48.8 Å². The number of alkyl halides is 3. The first-order valence-corrected chi connectivity index (χ1v) is 8.22. The molecule has 0 saturated heterocycles. The van der Waals surface area contributed by atoms with Crippen molar-refractivity contribution in [3.05, 3.63) is 65.5 Å². The Morgan fingerprint density at radius 1 is 1.26 bits per heavy atom. The molecule has 7 heteroatoms. The minimum atomic E-state index is -1.63. The van der Waals surface area contributed by atoms with Gasteiger partial charge in [0.05, 0.1) is 5.56 Å². The molecule has 0 spiro atoms. The lowest BCUT2D eigenvalue weighted by atomic mass is 10.1. The minimum Gasteiger partial charge on any atom is -0.319 e. The number of amides is 1. The predicted octanol–water partition coefficient (Wildman–Crippen LogP) is 2.00. The zero-order valence-corrected chi connectivity index (χ0v) is 14.8. The van der Waals surface area contributed by atoms with Gasteiger partial charge in [0.25, 0.3) is 9.70 Å². The van der Waals surface area contributed by atoms with E-state index in [2.05, 4.69) is 10.3 Å². The molecule has 1 atom stereocenters. The van der Waals surface area contributed by atoms with Gasteiger partial charge in [-0.05, 0) is 25.1 Å². The third-order valence-corrected chi connectivity index (χ3v) is 4.02. The predicted molar refractivity (Wildman–Crippen MR) is 91.4 cm³/mol. The Morgan fingerprint density at radius 2 is 1.96 bits per heavy atom. The van der Waals surface area contributed by atoms with Crippen molar-refractivity contribution in [1.82, 2.24) is 5.32 Å². The molecule has 0 radical (unpaired) electrons. The number of nitrogens with one attached hydrogen (secondary N) is 2. The van der Waals surface area contributed by atoms with Crippen LogP contribution in [0, 0.1) is 6.92 Å². The summed E-state index contributed by atoms with van der Waals surface area (Å²) in [6.07, 6.45) is 2.96. The molecule has 2 rings (SSSR count). The van der Waals surface area contributed by atoms with E-state index in [1.165, 1.54) is 0 Å². The molecule has 1 aromatic heterocycles. The highest BCUT2D eigenvalue weighted by Crippen LogP contribution is 2.27. The quantitative estimate of drug-likeness (QED) is 0.610. The standard InChI is InChI=1S/C16H16Cl3N3O/c1-11-4-6-13(7-5-11)14(23)22-15(16(17,18)19)21-10-12-3-2-8-20-9-12/h2-9,15,21H,10H2,1H3,(H,22,23)/p+2. The molecular weight excluding hydrogens is 357 g/mol. The van der Waals surface area contributed by atoms with Gasteiger partial charge in [-0.25, -0.2) is 4.98 Å². The van der Waals surface area contributed by atoms with Crippen LogP contribution in [0.4, 0.5) is 0 Å². The Kier molecular flexibility index (Phi) is 6.25. The van der Waals surface area contributed by atoms with Gasteiger partial charge in [-0.1, -0.05) is 52.5 Å². The normalized spacial score (nSPS) is 12.7. The summed E-state index contributed by atoms with van der Waals surface area (Å²) in [6.45, 7) is 2.51. The second-order valence-corrected chi connectivity index (χ2v) is 7.58. The van der Waals surface area contributed by atoms with Crippen LogP contribution in [0.2, 0.25) is 0 Å². The molecule has 0 fully saturated rings. The van der Waals surface area contributed by atoms with E-state index in [4.69, 9.17) is 34.8 Å². The van der Waals surface area contributed by atoms with Gasteiger partial charge in [0.1, 0.15) is 6.54 Å². The number of benzene rings is 1. The fraction of sp³-hybridized carbons (Fsp3) is 0.250. The average Bonchev–Trinajstić information content (AvgIpc) is 2.51. The van der Waals surface area contributed by atoms with Crippen molar-refractivity contribution in [2.24, 2.45) is 0 Å². The lowest BCUT2D eigenvalue weighted by molar-refractivity contribution is -0.707. The molecule has 0 saturated carbocycles. The Labute approximate surface area is 150 Å². The molecule has 0 bridgehead atoms. The Balaban J connectivity index is 2.04. The molecule has 23 heavy (non-hydrogen) atoms. The number of hydrogen-bond acceptors (Lipinski definition) is 1. The van der Waals surface area contributed by atoms with E-state index >= 15 is 0 Å². The third-order valence-electron chi connectivity index (χ3n) is 3.31. The maximum absolute atomic E-state index is 12.3. The number of carbonyl (C=O) groups is 1. The molecule has 122 valence electrons. The Morgan fingerprint density at radius 3 is 2.52 bits per heavy atom. The van der Waals surface area contributed by atoms with Crippen molar-refractivity contribution < 1.29 is 15.1 Å². The number of aromatic amines is 1.